The van der Waals surface area contributed by atoms with E-state index in [0.29, 0.717) is 11.1 Å². The molecule has 0 spiro atoms. The maximum atomic E-state index is 13.7. The van der Waals surface area contributed by atoms with E-state index in [9.17, 15) is 14.5 Å². The van der Waals surface area contributed by atoms with Crippen LogP contribution in [0.25, 0.3) is 0 Å². The number of aryl methyl sites for hydroxylation is 1. The van der Waals surface area contributed by atoms with Crippen LogP contribution in [0.3, 0.4) is 0 Å². The molecule has 0 fully saturated rings. The Balaban J connectivity index is 2.37. The van der Waals surface area contributed by atoms with Crippen LogP contribution in [0.15, 0.2) is 36.4 Å². The molecule has 2 aromatic carbocycles. The maximum absolute atomic E-state index is 13.7. The fraction of sp³-hybridized carbons (Fsp3) is 0.143. The van der Waals surface area contributed by atoms with Gasteiger partial charge in [-0.1, -0.05) is 12.1 Å². The minimum Gasteiger partial charge on any atom is -0.447 e. The zero-order valence-electron chi connectivity index (χ0n) is 10.7. The highest BCUT2D eigenvalue weighted by Crippen LogP contribution is 2.33. The number of nitro groups is 1. The predicted molar refractivity (Wildman–Crippen MR) is 70.2 cm³/mol. The van der Waals surface area contributed by atoms with Gasteiger partial charge in [0.15, 0.2) is 11.6 Å². The first-order valence-electron chi connectivity index (χ1n) is 5.83. The van der Waals surface area contributed by atoms with E-state index >= 15 is 0 Å². The minimum atomic E-state index is -0.688. The second-order valence-corrected chi connectivity index (χ2v) is 4.25. The van der Waals surface area contributed by atoms with E-state index < -0.39 is 10.7 Å². The van der Waals surface area contributed by atoms with Gasteiger partial charge in [0, 0.05) is 6.07 Å². The standard InChI is InChI=1S/C14H12FNO4/c1-9-2-4-14(12(6-9)16(18)19)20-13-5-3-10(8-17)7-11(13)15/h2-7,17H,8H2,1H3. The lowest BCUT2D eigenvalue weighted by Crippen LogP contribution is -1.96. The monoisotopic (exact) mass is 277 g/mol. The molecular formula is C14H12FNO4. The lowest BCUT2D eigenvalue weighted by molar-refractivity contribution is -0.385. The fourth-order valence-electron chi connectivity index (χ4n) is 1.70. The fourth-order valence-corrected chi connectivity index (χ4v) is 1.70. The van der Waals surface area contributed by atoms with Crippen LogP contribution in [-0.2, 0) is 6.61 Å². The van der Waals surface area contributed by atoms with Crippen LogP contribution in [0, 0.1) is 22.9 Å². The number of aliphatic hydroxyl groups is 1. The molecule has 0 radical (unpaired) electrons. The molecule has 20 heavy (non-hydrogen) atoms. The van der Waals surface area contributed by atoms with Crippen LogP contribution < -0.4 is 4.74 Å². The van der Waals surface area contributed by atoms with Crippen molar-refractivity contribution in [2.24, 2.45) is 0 Å². The smallest absolute Gasteiger partial charge is 0.311 e. The summed E-state index contributed by atoms with van der Waals surface area (Å²) < 4.78 is 19.0. The molecule has 2 rings (SSSR count). The van der Waals surface area contributed by atoms with Gasteiger partial charge in [-0.2, -0.15) is 0 Å². The summed E-state index contributed by atoms with van der Waals surface area (Å²) in [6, 6.07) is 8.35. The molecule has 0 bridgehead atoms. The second-order valence-electron chi connectivity index (χ2n) is 4.25. The van der Waals surface area contributed by atoms with Crippen LogP contribution in [0.1, 0.15) is 11.1 Å². The van der Waals surface area contributed by atoms with Gasteiger partial charge in [-0.05, 0) is 36.2 Å². The molecule has 0 aliphatic rings. The largest absolute Gasteiger partial charge is 0.447 e. The first-order chi connectivity index (χ1) is 9.51. The van der Waals surface area contributed by atoms with Gasteiger partial charge in [-0.15, -0.1) is 0 Å². The van der Waals surface area contributed by atoms with Gasteiger partial charge in [0.1, 0.15) is 0 Å². The van der Waals surface area contributed by atoms with Gasteiger partial charge in [0.25, 0.3) is 0 Å². The Morgan fingerprint density at radius 3 is 2.55 bits per heavy atom. The highest BCUT2D eigenvalue weighted by atomic mass is 19.1. The molecule has 0 aliphatic heterocycles. The number of halogens is 1. The quantitative estimate of drug-likeness (QED) is 0.687. The molecule has 0 amide bonds. The zero-order chi connectivity index (χ0) is 14.7. The number of nitro benzene ring substituents is 1. The first kappa shape index (κ1) is 14.0. The van der Waals surface area contributed by atoms with Crippen molar-refractivity contribution < 1.29 is 19.2 Å². The summed E-state index contributed by atoms with van der Waals surface area (Å²) in [4.78, 5) is 10.4. The Labute approximate surface area is 114 Å². The van der Waals surface area contributed by atoms with Crippen LogP contribution >= 0.6 is 0 Å². The third-order valence-electron chi connectivity index (χ3n) is 2.71. The molecule has 0 heterocycles. The number of aliphatic hydroxyl groups excluding tert-OH is 1. The Kier molecular flexibility index (Phi) is 3.95. The Morgan fingerprint density at radius 1 is 1.25 bits per heavy atom. The van der Waals surface area contributed by atoms with Crippen LogP contribution in [-0.4, -0.2) is 10.0 Å². The highest BCUT2D eigenvalue weighted by molar-refractivity contribution is 5.50. The second kappa shape index (κ2) is 5.66. The van der Waals surface area contributed by atoms with E-state index in [1.165, 1.54) is 24.3 Å². The SMILES string of the molecule is Cc1ccc(Oc2ccc(CO)cc2F)c([N+](=O)[O-])c1. The summed E-state index contributed by atoms with van der Waals surface area (Å²) in [5.41, 5.74) is 0.879. The minimum absolute atomic E-state index is 0.0313. The van der Waals surface area contributed by atoms with Gasteiger partial charge in [0.05, 0.1) is 11.5 Å². The molecular weight excluding hydrogens is 265 g/mol. The van der Waals surface area contributed by atoms with Crippen LogP contribution in [0.5, 0.6) is 11.5 Å². The molecule has 1 N–H and O–H groups in total. The number of benzene rings is 2. The normalized spacial score (nSPS) is 10.3. The summed E-state index contributed by atoms with van der Waals surface area (Å²) in [7, 11) is 0. The lowest BCUT2D eigenvalue weighted by atomic mass is 10.2. The zero-order valence-corrected chi connectivity index (χ0v) is 10.7. The van der Waals surface area contributed by atoms with E-state index in [2.05, 4.69) is 0 Å². The number of ether oxygens (including phenoxy) is 1. The summed E-state index contributed by atoms with van der Waals surface area (Å²) in [6.45, 7) is 1.43. The molecule has 0 aromatic heterocycles. The van der Waals surface area contributed by atoms with E-state index in [-0.39, 0.29) is 23.8 Å². The number of hydrogen-bond donors (Lipinski definition) is 1. The van der Waals surface area contributed by atoms with Crippen molar-refractivity contribution in [2.45, 2.75) is 13.5 Å². The van der Waals surface area contributed by atoms with Crippen molar-refractivity contribution in [1.82, 2.24) is 0 Å². The van der Waals surface area contributed by atoms with Gasteiger partial charge >= 0.3 is 5.69 Å². The summed E-state index contributed by atoms with van der Waals surface area (Å²) in [5.74, 6) is -0.850. The van der Waals surface area contributed by atoms with E-state index in [1.54, 1.807) is 13.0 Å². The maximum Gasteiger partial charge on any atom is 0.311 e. The summed E-state index contributed by atoms with van der Waals surface area (Å²) in [5, 5.41) is 19.8. The molecule has 0 aliphatic carbocycles. The Bertz CT molecular complexity index is 658. The average Bonchev–Trinajstić information content (AvgIpc) is 2.42. The molecule has 5 nitrogen and oxygen atoms in total. The molecule has 0 saturated carbocycles. The lowest BCUT2D eigenvalue weighted by Gasteiger charge is -2.08. The third-order valence-corrected chi connectivity index (χ3v) is 2.71. The number of rotatable bonds is 4. The molecule has 0 atom stereocenters. The van der Waals surface area contributed by atoms with Crippen molar-refractivity contribution in [3.8, 4) is 11.5 Å². The summed E-state index contributed by atoms with van der Waals surface area (Å²) >= 11 is 0. The first-order valence-corrected chi connectivity index (χ1v) is 5.83. The van der Waals surface area contributed by atoms with Crippen LogP contribution in [0.2, 0.25) is 0 Å². The molecule has 2 aromatic rings. The van der Waals surface area contributed by atoms with Crippen molar-refractivity contribution in [2.75, 3.05) is 0 Å². The van der Waals surface area contributed by atoms with Crippen molar-refractivity contribution in [1.29, 1.82) is 0 Å². The van der Waals surface area contributed by atoms with Gasteiger partial charge in [-0.25, -0.2) is 4.39 Å². The van der Waals surface area contributed by atoms with Gasteiger partial charge < -0.3 is 9.84 Å². The topological polar surface area (TPSA) is 72.6 Å². The molecule has 104 valence electrons. The van der Waals surface area contributed by atoms with Gasteiger partial charge in [-0.3, -0.25) is 10.1 Å². The molecule has 0 unspecified atom stereocenters. The summed E-state index contributed by atoms with van der Waals surface area (Å²) in [6.07, 6.45) is 0. The Morgan fingerprint density at radius 2 is 1.95 bits per heavy atom. The molecule has 0 saturated heterocycles. The van der Waals surface area contributed by atoms with Crippen molar-refractivity contribution in [3.05, 3.63) is 63.5 Å². The molecule has 6 heteroatoms. The van der Waals surface area contributed by atoms with Crippen molar-refractivity contribution in [3.63, 3.8) is 0 Å². The van der Waals surface area contributed by atoms with Crippen LogP contribution in [0.4, 0.5) is 10.1 Å². The van der Waals surface area contributed by atoms with Gasteiger partial charge in [0.2, 0.25) is 5.75 Å². The van der Waals surface area contributed by atoms with E-state index in [0.717, 1.165) is 6.07 Å². The van der Waals surface area contributed by atoms with E-state index in [4.69, 9.17) is 9.84 Å². The average molecular weight is 277 g/mol. The predicted octanol–water partition coefficient (Wildman–Crippen LogP) is 3.33. The van der Waals surface area contributed by atoms with E-state index in [1.807, 2.05) is 0 Å². The Hall–Kier alpha value is -2.47. The third kappa shape index (κ3) is 2.92. The van der Waals surface area contributed by atoms with Crippen molar-refractivity contribution >= 4 is 5.69 Å². The number of nitrogens with zero attached hydrogens (tertiary/aromatic N) is 1. The highest BCUT2D eigenvalue weighted by Gasteiger charge is 2.17. The number of hydrogen-bond acceptors (Lipinski definition) is 4.